The molecule has 4 nitrogen and oxygen atoms in total. The SMILES string of the molecule is Cc1nccnc1C(C)NCCOCCC(C)C. The van der Waals surface area contributed by atoms with Crippen molar-refractivity contribution in [2.24, 2.45) is 5.92 Å². The molecule has 0 spiro atoms. The van der Waals surface area contributed by atoms with Crippen molar-refractivity contribution in [3.8, 4) is 0 Å². The molecule has 102 valence electrons. The number of aryl methyl sites for hydroxylation is 1. The van der Waals surface area contributed by atoms with Crippen LogP contribution in [0.2, 0.25) is 0 Å². The van der Waals surface area contributed by atoms with Gasteiger partial charge in [0.15, 0.2) is 0 Å². The summed E-state index contributed by atoms with van der Waals surface area (Å²) in [6, 6.07) is 0.215. The minimum absolute atomic E-state index is 0.215. The summed E-state index contributed by atoms with van der Waals surface area (Å²) < 4.78 is 5.56. The van der Waals surface area contributed by atoms with Crippen molar-refractivity contribution < 1.29 is 4.74 Å². The van der Waals surface area contributed by atoms with Crippen molar-refractivity contribution in [1.82, 2.24) is 15.3 Å². The maximum atomic E-state index is 5.56. The number of hydrogen-bond acceptors (Lipinski definition) is 4. The second kappa shape index (κ2) is 8.16. The number of rotatable bonds is 8. The van der Waals surface area contributed by atoms with Crippen LogP contribution >= 0.6 is 0 Å². The molecule has 1 N–H and O–H groups in total. The van der Waals surface area contributed by atoms with E-state index in [-0.39, 0.29) is 6.04 Å². The van der Waals surface area contributed by atoms with Gasteiger partial charge in [0.25, 0.3) is 0 Å². The molecule has 0 saturated heterocycles. The molecule has 0 saturated carbocycles. The molecule has 0 aromatic carbocycles. The van der Waals surface area contributed by atoms with Gasteiger partial charge < -0.3 is 10.1 Å². The predicted molar refractivity (Wildman–Crippen MR) is 73.5 cm³/mol. The first kappa shape index (κ1) is 15.1. The third-order valence-corrected chi connectivity index (χ3v) is 2.87. The highest BCUT2D eigenvalue weighted by molar-refractivity contribution is 5.12. The fraction of sp³-hybridized carbons (Fsp3) is 0.714. The van der Waals surface area contributed by atoms with Gasteiger partial charge in [-0.3, -0.25) is 9.97 Å². The van der Waals surface area contributed by atoms with Crippen molar-refractivity contribution in [3.05, 3.63) is 23.8 Å². The van der Waals surface area contributed by atoms with Gasteiger partial charge in [0.2, 0.25) is 0 Å². The Labute approximate surface area is 110 Å². The number of aromatic nitrogens is 2. The Morgan fingerprint density at radius 3 is 2.56 bits per heavy atom. The second-order valence-corrected chi connectivity index (χ2v) is 5.00. The van der Waals surface area contributed by atoms with E-state index in [0.29, 0.717) is 5.92 Å². The molecule has 1 unspecified atom stereocenters. The van der Waals surface area contributed by atoms with Gasteiger partial charge in [-0.05, 0) is 26.2 Å². The van der Waals surface area contributed by atoms with Crippen LogP contribution in [-0.4, -0.2) is 29.7 Å². The lowest BCUT2D eigenvalue weighted by molar-refractivity contribution is 0.123. The van der Waals surface area contributed by atoms with Crippen LogP contribution < -0.4 is 5.32 Å². The van der Waals surface area contributed by atoms with Gasteiger partial charge in [-0.1, -0.05) is 13.8 Å². The first-order valence-electron chi connectivity index (χ1n) is 6.70. The van der Waals surface area contributed by atoms with Crippen LogP contribution in [0.4, 0.5) is 0 Å². The lowest BCUT2D eigenvalue weighted by Gasteiger charge is -2.15. The van der Waals surface area contributed by atoms with Crippen molar-refractivity contribution in [3.63, 3.8) is 0 Å². The molecule has 1 atom stereocenters. The highest BCUT2D eigenvalue weighted by Gasteiger charge is 2.09. The summed E-state index contributed by atoms with van der Waals surface area (Å²) >= 11 is 0. The Morgan fingerprint density at radius 1 is 1.17 bits per heavy atom. The van der Waals surface area contributed by atoms with E-state index in [9.17, 15) is 0 Å². The number of nitrogens with zero attached hydrogens (tertiary/aromatic N) is 2. The highest BCUT2D eigenvalue weighted by atomic mass is 16.5. The zero-order chi connectivity index (χ0) is 13.4. The Hall–Kier alpha value is -1.00. The fourth-order valence-electron chi connectivity index (χ4n) is 1.71. The van der Waals surface area contributed by atoms with Gasteiger partial charge in [-0.2, -0.15) is 0 Å². The Balaban J connectivity index is 2.18. The van der Waals surface area contributed by atoms with Crippen LogP contribution in [0, 0.1) is 12.8 Å². The van der Waals surface area contributed by atoms with Gasteiger partial charge >= 0.3 is 0 Å². The van der Waals surface area contributed by atoms with E-state index in [1.54, 1.807) is 12.4 Å². The lowest BCUT2D eigenvalue weighted by atomic mass is 10.1. The topological polar surface area (TPSA) is 47.0 Å². The van der Waals surface area contributed by atoms with E-state index in [1.807, 2.05) is 6.92 Å². The summed E-state index contributed by atoms with van der Waals surface area (Å²) in [5.41, 5.74) is 2.00. The lowest BCUT2D eigenvalue weighted by Crippen LogP contribution is -2.25. The molecule has 1 aromatic rings. The Kier molecular flexibility index (Phi) is 6.83. The zero-order valence-electron chi connectivity index (χ0n) is 11.9. The van der Waals surface area contributed by atoms with Crippen LogP contribution in [0.25, 0.3) is 0 Å². The van der Waals surface area contributed by atoms with E-state index >= 15 is 0 Å². The number of hydrogen-bond donors (Lipinski definition) is 1. The molecule has 0 aliphatic rings. The maximum absolute atomic E-state index is 5.56. The van der Waals surface area contributed by atoms with Gasteiger partial charge in [-0.25, -0.2) is 0 Å². The van der Waals surface area contributed by atoms with Gasteiger partial charge in [0.05, 0.1) is 18.0 Å². The molecule has 0 amide bonds. The molecule has 1 rings (SSSR count). The molecule has 0 aliphatic carbocycles. The quantitative estimate of drug-likeness (QED) is 0.721. The van der Waals surface area contributed by atoms with E-state index in [4.69, 9.17) is 4.74 Å². The molecular formula is C14H25N3O. The summed E-state index contributed by atoms with van der Waals surface area (Å²) in [4.78, 5) is 8.59. The average Bonchev–Trinajstić information content (AvgIpc) is 2.33. The van der Waals surface area contributed by atoms with Gasteiger partial charge in [0.1, 0.15) is 0 Å². The standard InChI is InChI=1S/C14H25N3O/c1-11(2)5-9-18-10-8-16-13(4)14-12(3)15-6-7-17-14/h6-7,11,13,16H,5,8-10H2,1-4H3. The largest absolute Gasteiger partial charge is 0.380 e. The normalized spacial score (nSPS) is 12.9. The zero-order valence-corrected chi connectivity index (χ0v) is 11.9. The molecule has 18 heavy (non-hydrogen) atoms. The molecule has 0 bridgehead atoms. The summed E-state index contributed by atoms with van der Waals surface area (Å²) in [5, 5.41) is 3.40. The second-order valence-electron chi connectivity index (χ2n) is 5.00. The van der Waals surface area contributed by atoms with Crippen molar-refractivity contribution in [1.29, 1.82) is 0 Å². The molecular weight excluding hydrogens is 226 g/mol. The van der Waals surface area contributed by atoms with Crippen LogP contribution in [0.5, 0.6) is 0 Å². The van der Waals surface area contributed by atoms with Crippen molar-refractivity contribution >= 4 is 0 Å². The first-order chi connectivity index (χ1) is 8.61. The minimum Gasteiger partial charge on any atom is -0.380 e. The fourth-order valence-corrected chi connectivity index (χ4v) is 1.71. The van der Waals surface area contributed by atoms with E-state index in [1.165, 1.54) is 0 Å². The molecule has 4 heteroatoms. The molecule has 1 aromatic heterocycles. The predicted octanol–water partition coefficient (Wildman–Crippen LogP) is 2.50. The average molecular weight is 251 g/mol. The van der Waals surface area contributed by atoms with Gasteiger partial charge in [0, 0.05) is 31.6 Å². The van der Waals surface area contributed by atoms with Crippen LogP contribution in [0.15, 0.2) is 12.4 Å². The third kappa shape index (κ3) is 5.56. The van der Waals surface area contributed by atoms with Crippen LogP contribution in [-0.2, 0) is 4.74 Å². The first-order valence-corrected chi connectivity index (χ1v) is 6.70. The van der Waals surface area contributed by atoms with E-state index in [0.717, 1.165) is 37.6 Å². The third-order valence-electron chi connectivity index (χ3n) is 2.87. The number of nitrogens with one attached hydrogen (secondary N) is 1. The van der Waals surface area contributed by atoms with Crippen molar-refractivity contribution in [2.75, 3.05) is 19.8 Å². The minimum atomic E-state index is 0.215. The summed E-state index contributed by atoms with van der Waals surface area (Å²) in [6.45, 7) is 10.9. The van der Waals surface area contributed by atoms with E-state index < -0.39 is 0 Å². The highest BCUT2D eigenvalue weighted by Crippen LogP contribution is 2.10. The summed E-state index contributed by atoms with van der Waals surface area (Å²) in [7, 11) is 0. The summed E-state index contributed by atoms with van der Waals surface area (Å²) in [6.07, 6.45) is 4.58. The van der Waals surface area contributed by atoms with Crippen LogP contribution in [0.1, 0.15) is 44.6 Å². The van der Waals surface area contributed by atoms with Crippen molar-refractivity contribution in [2.45, 2.75) is 40.2 Å². The maximum Gasteiger partial charge on any atom is 0.0782 e. The monoisotopic (exact) mass is 251 g/mol. The number of ether oxygens (including phenoxy) is 1. The smallest absolute Gasteiger partial charge is 0.0782 e. The molecule has 0 radical (unpaired) electrons. The molecule has 0 fully saturated rings. The van der Waals surface area contributed by atoms with Crippen LogP contribution in [0.3, 0.4) is 0 Å². The Bertz CT molecular complexity index is 342. The Morgan fingerprint density at radius 2 is 1.89 bits per heavy atom. The molecule has 0 aliphatic heterocycles. The van der Waals surface area contributed by atoms with Gasteiger partial charge in [-0.15, -0.1) is 0 Å². The molecule has 1 heterocycles. The summed E-state index contributed by atoms with van der Waals surface area (Å²) in [5.74, 6) is 0.708. The van der Waals surface area contributed by atoms with E-state index in [2.05, 4.69) is 36.1 Å².